The van der Waals surface area contributed by atoms with Gasteiger partial charge < -0.3 is 20.2 Å². The monoisotopic (exact) mass is 367 g/mol. The third-order valence-electron chi connectivity index (χ3n) is 4.80. The average molecular weight is 367 g/mol. The average Bonchev–Trinajstić information content (AvgIpc) is 2.69. The van der Waals surface area contributed by atoms with Gasteiger partial charge in [0.15, 0.2) is 0 Å². The van der Waals surface area contributed by atoms with E-state index in [-0.39, 0.29) is 24.8 Å². The van der Waals surface area contributed by atoms with Gasteiger partial charge in [-0.25, -0.2) is 0 Å². The van der Waals surface area contributed by atoms with Gasteiger partial charge in [0, 0.05) is 45.0 Å². The second-order valence-corrected chi connectivity index (χ2v) is 6.84. The highest BCUT2D eigenvalue weighted by molar-refractivity contribution is 5.99. The van der Waals surface area contributed by atoms with Crippen LogP contribution in [-0.2, 0) is 4.79 Å². The van der Waals surface area contributed by atoms with Crippen LogP contribution in [-0.4, -0.2) is 61.7 Å². The number of benzene rings is 2. The maximum absolute atomic E-state index is 13.0. The summed E-state index contributed by atoms with van der Waals surface area (Å²) in [6.07, 6.45) is 0.238. The highest BCUT2D eigenvalue weighted by atomic mass is 16.3. The summed E-state index contributed by atoms with van der Waals surface area (Å²) in [5.41, 5.74) is 3.60. The third kappa shape index (κ3) is 4.11. The highest BCUT2D eigenvalue weighted by Crippen LogP contribution is 2.25. The van der Waals surface area contributed by atoms with Crippen LogP contribution in [0.4, 0.5) is 5.69 Å². The predicted molar refractivity (Wildman–Crippen MR) is 106 cm³/mol. The van der Waals surface area contributed by atoms with Crippen molar-refractivity contribution in [3.63, 3.8) is 0 Å². The third-order valence-corrected chi connectivity index (χ3v) is 4.80. The minimum atomic E-state index is -0.628. The number of carbonyl (C=O) groups excluding carboxylic acids is 2. The first-order valence-electron chi connectivity index (χ1n) is 9.08. The lowest BCUT2D eigenvalue weighted by Crippen LogP contribution is -2.57. The van der Waals surface area contributed by atoms with E-state index in [1.54, 1.807) is 11.0 Å². The van der Waals surface area contributed by atoms with Gasteiger partial charge in [-0.1, -0.05) is 24.3 Å². The summed E-state index contributed by atoms with van der Waals surface area (Å²) in [6, 6.07) is 14.9. The number of hydrogen-bond donors (Lipinski definition) is 2. The summed E-state index contributed by atoms with van der Waals surface area (Å²) in [4.78, 5) is 28.7. The minimum Gasteiger partial charge on any atom is -0.396 e. The maximum Gasteiger partial charge on any atom is 0.254 e. The van der Waals surface area contributed by atoms with E-state index in [1.165, 1.54) is 0 Å². The topological polar surface area (TPSA) is 72.9 Å². The second-order valence-electron chi connectivity index (χ2n) is 6.84. The molecule has 0 saturated carbocycles. The lowest BCUT2D eigenvalue weighted by molar-refractivity contribution is -0.128. The van der Waals surface area contributed by atoms with Crippen molar-refractivity contribution in [2.75, 3.05) is 38.7 Å². The maximum atomic E-state index is 13.0. The lowest BCUT2D eigenvalue weighted by atomic mass is 10.0. The van der Waals surface area contributed by atoms with Gasteiger partial charge in [-0.15, -0.1) is 0 Å². The van der Waals surface area contributed by atoms with Gasteiger partial charge in [-0.2, -0.15) is 0 Å². The molecule has 1 aliphatic rings. The summed E-state index contributed by atoms with van der Waals surface area (Å²) in [5.74, 6) is -0.396. The van der Waals surface area contributed by atoms with Gasteiger partial charge in [-0.05, 0) is 41.8 Å². The summed E-state index contributed by atoms with van der Waals surface area (Å²) >= 11 is 0. The molecule has 1 fully saturated rings. The normalized spacial score (nSPS) is 16.8. The van der Waals surface area contributed by atoms with Crippen molar-refractivity contribution in [1.29, 1.82) is 0 Å². The van der Waals surface area contributed by atoms with Crippen molar-refractivity contribution in [2.45, 2.75) is 12.5 Å². The Morgan fingerprint density at radius 3 is 2.59 bits per heavy atom. The Labute approximate surface area is 159 Å². The number of aliphatic hydroxyl groups excluding tert-OH is 1. The number of nitrogens with zero attached hydrogens (tertiary/aromatic N) is 2. The molecule has 0 bridgehead atoms. The van der Waals surface area contributed by atoms with E-state index in [0.29, 0.717) is 18.7 Å². The Kier molecular flexibility index (Phi) is 5.76. The molecule has 2 aromatic rings. The van der Waals surface area contributed by atoms with Crippen LogP contribution >= 0.6 is 0 Å². The molecule has 0 spiro atoms. The molecule has 2 amide bonds. The second kappa shape index (κ2) is 8.22. The number of rotatable bonds is 5. The van der Waals surface area contributed by atoms with Gasteiger partial charge >= 0.3 is 0 Å². The summed E-state index contributed by atoms with van der Waals surface area (Å²) < 4.78 is 0. The standard InChI is InChI=1S/C21H25N3O3/c1-23(2)18-8-4-6-16(14-18)15-5-3-7-17(13-15)21(27)24-11-10-22-20(26)19(24)9-12-25/h3-8,13-14,19,25H,9-12H2,1-2H3,(H,22,26). The van der Waals surface area contributed by atoms with Crippen LogP contribution < -0.4 is 10.2 Å². The van der Waals surface area contributed by atoms with Crippen molar-refractivity contribution in [3.05, 3.63) is 54.1 Å². The fraction of sp³-hybridized carbons (Fsp3) is 0.333. The van der Waals surface area contributed by atoms with E-state index < -0.39 is 6.04 Å². The number of anilines is 1. The molecular weight excluding hydrogens is 342 g/mol. The van der Waals surface area contributed by atoms with Crippen LogP contribution in [0.2, 0.25) is 0 Å². The Bertz CT molecular complexity index is 835. The molecule has 2 N–H and O–H groups in total. The largest absolute Gasteiger partial charge is 0.396 e. The molecule has 1 heterocycles. The van der Waals surface area contributed by atoms with E-state index in [2.05, 4.69) is 11.4 Å². The summed E-state index contributed by atoms with van der Waals surface area (Å²) in [7, 11) is 3.98. The molecule has 1 unspecified atom stereocenters. The van der Waals surface area contributed by atoms with Crippen molar-refractivity contribution in [2.24, 2.45) is 0 Å². The molecule has 0 aromatic heterocycles. The summed E-state index contributed by atoms with van der Waals surface area (Å²) in [5, 5.41) is 12.0. The Morgan fingerprint density at radius 1 is 1.19 bits per heavy atom. The molecule has 0 aliphatic carbocycles. The number of piperazine rings is 1. The molecule has 6 nitrogen and oxygen atoms in total. The highest BCUT2D eigenvalue weighted by Gasteiger charge is 2.33. The van der Waals surface area contributed by atoms with Crippen LogP contribution in [0.1, 0.15) is 16.8 Å². The van der Waals surface area contributed by atoms with Crippen molar-refractivity contribution in [3.8, 4) is 11.1 Å². The molecular formula is C21H25N3O3. The van der Waals surface area contributed by atoms with Crippen LogP contribution in [0.5, 0.6) is 0 Å². The first kappa shape index (κ1) is 18.9. The molecule has 1 saturated heterocycles. The molecule has 1 atom stereocenters. The Hall–Kier alpha value is -2.86. The minimum absolute atomic E-state index is 0.140. The van der Waals surface area contributed by atoms with E-state index in [9.17, 15) is 14.7 Å². The van der Waals surface area contributed by atoms with E-state index in [4.69, 9.17) is 0 Å². The van der Waals surface area contributed by atoms with Gasteiger partial charge in [0.1, 0.15) is 6.04 Å². The lowest BCUT2D eigenvalue weighted by Gasteiger charge is -2.35. The number of nitrogens with one attached hydrogen (secondary N) is 1. The van der Waals surface area contributed by atoms with E-state index in [0.717, 1.165) is 16.8 Å². The van der Waals surface area contributed by atoms with Gasteiger partial charge in [0.25, 0.3) is 5.91 Å². The molecule has 6 heteroatoms. The van der Waals surface area contributed by atoms with Gasteiger partial charge in [-0.3, -0.25) is 9.59 Å². The first-order chi connectivity index (χ1) is 13.0. The number of aliphatic hydroxyl groups is 1. The Morgan fingerprint density at radius 2 is 1.89 bits per heavy atom. The molecule has 0 radical (unpaired) electrons. The summed E-state index contributed by atoms with van der Waals surface area (Å²) in [6.45, 7) is 0.728. The van der Waals surface area contributed by atoms with Crippen molar-refractivity contribution in [1.82, 2.24) is 10.2 Å². The molecule has 3 rings (SSSR count). The number of hydrogen-bond acceptors (Lipinski definition) is 4. The molecule has 2 aromatic carbocycles. The van der Waals surface area contributed by atoms with Crippen molar-refractivity contribution >= 4 is 17.5 Å². The fourth-order valence-electron chi connectivity index (χ4n) is 3.33. The predicted octanol–water partition coefficient (Wildman–Crippen LogP) is 1.74. The molecule has 27 heavy (non-hydrogen) atoms. The smallest absolute Gasteiger partial charge is 0.254 e. The van der Waals surface area contributed by atoms with E-state index in [1.807, 2.05) is 55.4 Å². The van der Waals surface area contributed by atoms with Crippen LogP contribution in [0.25, 0.3) is 11.1 Å². The van der Waals surface area contributed by atoms with Gasteiger partial charge in [0.05, 0.1) is 0 Å². The zero-order valence-corrected chi connectivity index (χ0v) is 15.7. The van der Waals surface area contributed by atoms with Crippen molar-refractivity contribution < 1.29 is 14.7 Å². The van der Waals surface area contributed by atoms with Gasteiger partial charge in [0.2, 0.25) is 5.91 Å². The number of carbonyl (C=O) groups is 2. The SMILES string of the molecule is CN(C)c1cccc(-c2cccc(C(=O)N3CCNC(=O)C3CCO)c2)c1. The fourth-order valence-corrected chi connectivity index (χ4v) is 3.33. The zero-order valence-electron chi connectivity index (χ0n) is 15.7. The van der Waals surface area contributed by atoms with Crippen LogP contribution in [0, 0.1) is 0 Å². The molecule has 1 aliphatic heterocycles. The number of amides is 2. The first-order valence-corrected chi connectivity index (χ1v) is 9.08. The zero-order chi connectivity index (χ0) is 19.4. The van der Waals surface area contributed by atoms with E-state index >= 15 is 0 Å². The van der Waals surface area contributed by atoms with Crippen LogP contribution in [0.3, 0.4) is 0 Å². The Balaban J connectivity index is 1.89. The quantitative estimate of drug-likeness (QED) is 0.844. The molecule has 142 valence electrons. The van der Waals surface area contributed by atoms with Crippen LogP contribution in [0.15, 0.2) is 48.5 Å².